The first-order valence-electron chi connectivity index (χ1n) is 6.73. The minimum Gasteiger partial charge on any atom is -0.355 e. The third kappa shape index (κ3) is 1.86. The molecular weight excluding hydrogens is 248 g/mol. The second-order valence-corrected chi connectivity index (χ2v) is 4.99. The lowest BCUT2D eigenvalue weighted by Gasteiger charge is -2.11. The lowest BCUT2D eigenvalue weighted by atomic mass is 10.0. The minimum absolute atomic E-state index is 1.06. The lowest BCUT2D eigenvalue weighted by Crippen LogP contribution is -1.97. The topological polar surface area (TPSA) is 42.7 Å². The Morgan fingerprint density at radius 1 is 0.850 bits per heavy atom. The van der Waals surface area contributed by atoms with Crippen LogP contribution in [0, 0.1) is 0 Å². The average molecular weight is 262 g/mol. The molecule has 4 rings (SSSR count). The van der Waals surface area contributed by atoms with Crippen LogP contribution in [0.1, 0.15) is 11.1 Å². The highest BCUT2D eigenvalue weighted by atomic mass is 15.2. The summed E-state index contributed by atoms with van der Waals surface area (Å²) in [5.41, 5.74) is 6.15. The van der Waals surface area contributed by atoms with Gasteiger partial charge in [-0.1, -0.05) is 24.3 Å². The molecule has 4 nitrogen and oxygen atoms in total. The number of hydrogen-bond acceptors (Lipinski definition) is 3. The van der Waals surface area contributed by atoms with Crippen molar-refractivity contribution in [2.75, 3.05) is 5.32 Å². The summed E-state index contributed by atoms with van der Waals surface area (Å²) >= 11 is 0. The van der Waals surface area contributed by atoms with Gasteiger partial charge in [0.25, 0.3) is 0 Å². The van der Waals surface area contributed by atoms with Crippen LogP contribution in [0.2, 0.25) is 0 Å². The maximum atomic E-state index is 3.86. The molecule has 0 saturated heterocycles. The second kappa shape index (κ2) is 4.49. The van der Waals surface area contributed by atoms with E-state index in [9.17, 15) is 0 Å². The Balaban J connectivity index is 1.79. The number of anilines is 2. The average Bonchev–Trinajstić information content (AvgIpc) is 2.95. The highest BCUT2D eigenvalue weighted by Gasteiger charge is 2.12. The first kappa shape index (κ1) is 11.2. The number of rotatable bonds is 1. The Kier molecular flexibility index (Phi) is 2.52. The third-order valence-corrected chi connectivity index (χ3v) is 3.76. The molecular formula is C16H14N4. The van der Waals surface area contributed by atoms with E-state index in [2.05, 4.69) is 58.0 Å². The monoisotopic (exact) mass is 262 g/mol. The summed E-state index contributed by atoms with van der Waals surface area (Å²) in [7, 11) is 0. The number of para-hydroxylation sites is 1. The van der Waals surface area contributed by atoms with Crippen LogP contribution in [-0.4, -0.2) is 14.8 Å². The van der Waals surface area contributed by atoms with Gasteiger partial charge < -0.3 is 5.32 Å². The third-order valence-electron chi connectivity index (χ3n) is 3.76. The molecule has 0 saturated carbocycles. The molecule has 20 heavy (non-hydrogen) atoms. The fourth-order valence-electron chi connectivity index (χ4n) is 2.67. The molecule has 2 heterocycles. The number of aryl methyl sites for hydroxylation is 2. The Morgan fingerprint density at radius 2 is 1.60 bits per heavy atom. The molecule has 0 radical (unpaired) electrons. The van der Waals surface area contributed by atoms with Gasteiger partial charge in [0, 0.05) is 11.4 Å². The van der Waals surface area contributed by atoms with Crippen molar-refractivity contribution in [3.63, 3.8) is 0 Å². The smallest absolute Gasteiger partial charge is 0.123 e. The summed E-state index contributed by atoms with van der Waals surface area (Å²) in [5, 5.41) is 11.3. The van der Waals surface area contributed by atoms with Gasteiger partial charge in [-0.25, -0.2) is 0 Å². The van der Waals surface area contributed by atoms with Crippen LogP contribution in [0.3, 0.4) is 0 Å². The van der Waals surface area contributed by atoms with Crippen molar-refractivity contribution >= 4 is 11.4 Å². The fourth-order valence-corrected chi connectivity index (χ4v) is 2.67. The van der Waals surface area contributed by atoms with Gasteiger partial charge in [-0.15, -0.1) is 10.2 Å². The predicted molar refractivity (Wildman–Crippen MR) is 78.5 cm³/mol. The van der Waals surface area contributed by atoms with E-state index >= 15 is 0 Å². The van der Waals surface area contributed by atoms with Crippen molar-refractivity contribution in [3.05, 3.63) is 66.2 Å². The molecule has 1 aromatic heterocycles. The normalized spacial score (nSPS) is 13.0. The maximum absolute atomic E-state index is 3.86. The van der Waals surface area contributed by atoms with Gasteiger partial charge in [-0.3, -0.25) is 4.57 Å². The zero-order chi connectivity index (χ0) is 13.4. The molecule has 3 aromatic rings. The van der Waals surface area contributed by atoms with Crippen LogP contribution >= 0.6 is 0 Å². The number of nitrogens with zero attached hydrogens (tertiary/aromatic N) is 3. The van der Waals surface area contributed by atoms with E-state index in [1.165, 1.54) is 22.5 Å². The van der Waals surface area contributed by atoms with Gasteiger partial charge in [-0.2, -0.15) is 0 Å². The van der Waals surface area contributed by atoms with Crippen molar-refractivity contribution < 1.29 is 0 Å². The van der Waals surface area contributed by atoms with Crippen molar-refractivity contribution in [1.29, 1.82) is 0 Å². The largest absolute Gasteiger partial charge is 0.355 e. The summed E-state index contributed by atoms with van der Waals surface area (Å²) in [6.45, 7) is 0. The van der Waals surface area contributed by atoms with E-state index in [1.807, 2.05) is 4.57 Å². The van der Waals surface area contributed by atoms with Crippen LogP contribution < -0.4 is 5.32 Å². The quantitative estimate of drug-likeness (QED) is 0.732. The van der Waals surface area contributed by atoms with E-state index in [1.54, 1.807) is 12.7 Å². The zero-order valence-corrected chi connectivity index (χ0v) is 11.0. The van der Waals surface area contributed by atoms with Crippen molar-refractivity contribution in [2.45, 2.75) is 12.8 Å². The highest BCUT2D eigenvalue weighted by Crippen LogP contribution is 2.31. The summed E-state index contributed by atoms with van der Waals surface area (Å²) in [6, 6.07) is 14.9. The molecule has 0 atom stereocenters. The summed E-state index contributed by atoms with van der Waals surface area (Å²) in [4.78, 5) is 0. The maximum Gasteiger partial charge on any atom is 0.123 e. The first-order chi connectivity index (χ1) is 9.90. The molecule has 0 unspecified atom stereocenters. The van der Waals surface area contributed by atoms with E-state index in [-0.39, 0.29) is 0 Å². The van der Waals surface area contributed by atoms with Crippen molar-refractivity contribution in [2.24, 2.45) is 0 Å². The van der Waals surface area contributed by atoms with Crippen molar-refractivity contribution in [3.8, 4) is 5.69 Å². The van der Waals surface area contributed by atoms with E-state index in [0.29, 0.717) is 0 Å². The lowest BCUT2D eigenvalue weighted by molar-refractivity contribution is 0.973. The zero-order valence-electron chi connectivity index (χ0n) is 11.0. The summed E-state index contributed by atoms with van der Waals surface area (Å²) < 4.78 is 1.92. The molecule has 1 N–H and O–H groups in total. The Hall–Kier alpha value is -2.62. The second-order valence-electron chi connectivity index (χ2n) is 4.99. The number of nitrogens with one attached hydrogen (secondary N) is 1. The molecule has 4 heteroatoms. The standard InChI is InChI=1S/C16H14N4/c1-2-4-15-12(3-1)5-6-13-7-8-14(9-16(13)19-15)20-10-17-18-11-20/h1-4,7-11,19H,5-6H2. The summed E-state index contributed by atoms with van der Waals surface area (Å²) in [5.74, 6) is 0. The predicted octanol–water partition coefficient (Wildman–Crippen LogP) is 3.11. The Morgan fingerprint density at radius 3 is 2.45 bits per heavy atom. The molecule has 0 amide bonds. The van der Waals surface area contributed by atoms with Crippen LogP contribution in [0.4, 0.5) is 11.4 Å². The number of hydrogen-bond donors (Lipinski definition) is 1. The Labute approximate surface area is 117 Å². The molecule has 0 fully saturated rings. The van der Waals surface area contributed by atoms with Crippen LogP contribution in [0.15, 0.2) is 55.1 Å². The molecule has 98 valence electrons. The van der Waals surface area contributed by atoms with Gasteiger partial charge >= 0.3 is 0 Å². The molecule has 0 bridgehead atoms. The Bertz CT molecular complexity index is 747. The fraction of sp³-hybridized carbons (Fsp3) is 0.125. The van der Waals surface area contributed by atoms with E-state index in [4.69, 9.17) is 0 Å². The van der Waals surface area contributed by atoms with Crippen LogP contribution in [-0.2, 0) is 12.8 Å². The first-order valence-corrected chi connectivity index (χ1v) is 6.73. The molecule has 0 aliphatic carbocycles. The number of aromatic nitrogens is 3. The SMILES string of the molecule is c1ccc2c(c1)CCc1ccc(-n3cnnc3)cc1N2. The van der Waals surface area contributed by atoms with Gasteiger partial charge in [-0.05, 0) is 42.2 Å². The molecule has 0 spiro atoms. The highest BCUT2D eigenvalue weighted by molar-refractivity contribution is 5.70. The number of benzene rings is 2. The van der Waals surface area contributed by atoms with Crippen LogP contribution in [0.5, 0.6) is 0 Å². The van der Waals surface area contributed by atoms with E-state index < -0.39 is 0 Å². The molecule has 1 aliphatic heterocycles. The van der Waals surface area contributed by atoms with Crippen LogP contribution in [0.25, 0.3) is 5.69 Å². The molecule has 1 aliphatic rings. The van der Waals surface area contributed by atoms with Crippen molar-refractivity contribution in [1.82, 2.24) is 14.8 Å². The van der Waals surface area contributed by atoms with Gasteiger partial charge in [0.2, 0.25) is 0 Å². The number of fused-ring (bicyclic) bond motifs is 2. The van der Waals surface area contributed by atoms with Gasteiger partial charge in [0.05, 0.1) is 5.69 Å². The minimum atomic E-state index is 1.06. The van der Waals surface area contributed by atoms with Gasteiger partial charge in [0.1, 0.15) is 12.7 Å². The van der Waals surface area contributed by atoms with Gasteiger partial charge in [0.15, 0.2) is 0 Å². The summed E-state index contributed by atoms with van der Waals surface area (Å²) in [6.07, 6.45) is 5.56. The molecule has 2 aromatic carbocycles. The van der Waals surface area contributed by atoms with E-state index in [0.717, 1.165) is 18.5 Å².